The Hall–Kier alpha value is -1.21. The molecule has 3 nitrogen and oxygen atoms in total. The third kappa shape index (κ3) is 5.24. The highest BCUT2D eigenvalue weighted by molar-refractivity contribution is 6.19. The van der Waals surface area contributed by atoms with Crippen molar-refractivity contribution < 1.29 is 9.47 Å². The molecule has 0 saturated carbocycles. The standard InChI is InChI=1S/C17H22ClNO2/c1-14(2)19-10-11-20-17(12-19)13-21-16-7-5-15(6-8-16)4-3-9-18/h5-8,14,17H,9-13H2,1-2H3. The van der Waals surface area contributed by atoms with Crippen molar-refractivity contribution in [2.45, 2.75) is 26.0 Å². The second kappa shape index (κ2) is 8.29. The van der Waals surface area contributed by atoms with Crippen molar-refractivity contribution in [3.63, 3.8) is 0 Å². The van der Waals surface area contributed by atoms with Crippen molar-refractivity contribution >= 4 is 11.6 Å². The highest BCUT2D eigenvalue weighted by atomic mass is 35.5. The van der Waals surface area contributed by atoms with Crippen molar-refractivity contribution in [3.8, 4) is 17.6 Å². The zero-order chi connectivity index (χ0) is 15.1. The lowest BCUT2D eigenvalue weighted by Crippen LogP contribution is -2.47. The van der Waals surface area contributed by atoms with E-state index in [4.69, 9.17) is 21.1 Å². The average molecular weight is 308 g/mol. The molecule has 1 atom stereocenters. The Morgan fingerprint density at radius 1 is 1.38 bits per heavy atom. The number of alkyl halides is 1. The van der Waals surface area contributed by atoms with Crippen molar-refractivity contribution in [2.24, 2.45) is 0 Å². The lowest BCUT2D eigenvalue weighted by molar-refractivity contribution is -0.0564. The van der Waals surface area contributed by atoms with Gasteiger partial charge in [-0.2, -0.15) is 0 Å². The smallest absolute Gasteiger partial charge is 0.119 e. The number of hydrogen-bond donors (Lipinski definition) is 0. The van der Waals surface area contributed by atoms with E-state index in [1.807, 2.05) is 24.3 Å². The molecule has 1 aromatic rings. The van der Waals surface area contributed by atoms with E-state index in [-0.39, 0.29) is 6.10 Å². The highest BCUT2D eigenvalue weighted by Crippen LogP contribution is 2.14. The van der Waals surface area contributed by atoms with E-state index in [0.29, 0.717) is 18.5 Å². The Kier molecular flexibility index (Phi) is 6.38. The first-order valence-electron chi connectivity index (χ1n) is 7.32. The molecule has 1 unspecified atom stereocenters. The van der Waals surface area contributed by atoms with Gasteiger partial charge in [0, 0.05) is 24.7 Å². The van der Waals surface area contributed by atoms with Gasteiger partial charge in [0.25, 0.3) is 0 Å². The number of benzene rings is 1. The van der Waals surface area contributed by atoms with Crippen LogP contribution in [0, 0.1) is 11.8 Å². The maximum Gasteiger partial charge on any atom is 0.119 e. The first kappa shape index (κ1) is 16.2. The molecular formula is C17H22ClNO2. The van der Waals surface area contributed by atoms with Crippen LogP contribution in [0.25, 0.3) is 0 Å². The fraction of sp³-hybridized carbons (Fsp3) is 0.529. The van der Waals surface area contributed by atoms with Crippen LogP contribution in [-0.4, -0.2) is 49.2 Å². The summed E-state index contributed by atoms with van der Waals surface area (Å²) in [5.74, 6) is 7.00. The van der Waals surface area contributed by atoms with Crippen molar-refractivity contribution in [2.75, 3.05) is 32.2 Å². The SMILES string of the molecule is CC(C)N1CCOC(COc2ccc(C#CCCl)cc2)C1. The van der Waals surface area contributed by atoms with E-state index in [9.17, 15) is 0 Å². The van der Waals surface area contributed by atoms with Crippen LogP contribution < -0.4 is 4.74 Å². The van der Waals surface area contributed by atoms with Gasteiger partial charge in [0.1, 0.15) is 18.5 Å². The predicted molar refractivity (Wildman–Crippen MR) is 86.0 cm³/mol. The van der Waals surface area contributed by atoms with Gasteiger partial charge in [0.2, 0.25) is 0 Å². The van der Waals surface area contributed by atoms with Gasteiger partial charge in [-0.3, -0.25) is 4.90 Å². The number of nitrogens with zero attached hydrogens (tertiary/aromatic N) is 1. The summed E-state index contributed by atoms with van der Waals surface area (Å²) in [7, 11) is 0. The molecule has 0 aliphatic carbocycles. The van der Waals surface area contributed by atoms with Crippen LogP contribution in [0.3, 0.4) is 0 Å². The molecule has 2 rings (SSSR count). The van der Waals surface area contributed by atoms with E-state index in [1.54, 1.807) is 0 Å². The van der Waals surface area contributed by atoms with E-state index in [1.165, 1.54) is 0 Å². The fourth-order valence-electron chi connectivity index (χ4n) is 2.27. The molecule has 0 N–H and O–H groups in total. The van der Waals surface area contributed by atoms with Crippen LogP contribution in [0.1, 0.15) is 19.4 Å². The molecule has 4 heteroatoms. The van der Waals surface area contributed by atoms with Crippen LogP contribution in [0.15, 0.2) is 24.3 Å². The maximum atomic E-state index is 5.81. The minimum atomic E-state index is 0.136. The quantitative estimate of drug-likeness (QED) is 0.631. The van der Waals surface area contributed by atoms with Crippen molar-refractivity contribution in [3.05, 3.63) is 29.8 Å². The Morgan fingerprint density at radius 3 is 2.81 bits per heavy atom. The molecule has 114 valence electrons. The number of rotatable bonds is 4. The fourth-order valence-corrected chi connectivity index (χ4v) is 2.34. The Morgan fingerprint density at radius 2 is 2.14 bits per heavy atom. The van der Waals surface area contributed by atoms with Crippen molar-refractivity contribution in [1.29, 1.82) is 0 Å². The van der Waals surface area contributed by atoms with Crippen LogP contribution in [0.5, 0.6) is 5.75 Å². The summed E-state index contributed by atoms with van der Waals surface area (Å²) < 4.78 is 11.6. The van der Waals surface area contributed by atoms with Crippen LogP contribution in [0.2, 0.25) is 0 Å². The Balaban J connectivity index is 1.82. The van der Waals surface area contributed by atoms with Crippen LogP contribution in [0.4, 0.5) is 0 Å². The molecule has 1 aliphatic heterocycles. The van der Waals surface area contributed by atoms with Crippen LogP contribution in [-0.2, 0) is 4.74 Å². The summed E-state index contributed by atoms with van der Waals surface area (Å²) in [5.41, 5.74) is 0.947. The molecule has 0 radical (unpaired) electrons. The molecule has 1 heterocycles. The van der Waals surface area contributed by atoms with Gasteiger partial charge in [-0.25, -0.2) is 0 Å². The minimum Gasteiger partial charge on any atom is -0.491 e. The first-order chi connectivity index (χ1) is 10.2. The number of halogens is 1. The van der Waals surface area contributed by atoms with Gasteiger partial charge in [-0.05, 0) is 38.1 Å². The summed E-state index contributed by atoms with van der Waals surface area (Å²) in [4.78, 5) is 2.42. The Bertz CT molecular complexity index is 490. The van der Waals surface area contributed by atoms with Gasteiger partial charge in [0.05, 0.1) is 12.5 Å². The topological polar surface area (TPSA) is 21.7 Å². The summed E-state index contributed by atoms with van der Waals surface area (Å²) in [6.45, 7) is 7.71. The maximum absolute atomic E-state index is 5.81. The van der Waals surface area contributed by atoms with E-state index >= 15 is 0 Å². The Labute approximate surface area is 132 Å². The molecule has 21 heavy (non-hydrogen) atoms. The number of morpholine rings is 1. The molecule has 0 spiro atoms. The third-order valence-electron chi connectivity index (χ3n) is 3.49. The third-order valence-corrected chi connectivity index (χ3v) is 3.62. The predicted octanol–water partition coefficient (Wildman–Crippen LogP) is 2.76. The van der Waals surface area contributed by atoms with E-state index in [2.05, 4.69) is 30.6 Å². The highest BCUT2D eigenvalue weighted by Gasteiger charge is 2.22. The molecular weight excluding hydrogens is 286 g/mol. The largest absolute Gasteiger partial charge is 0.491 e. The van der Waals surface area contributed by atoms with Crippen molar-refractivity contribution in [1.82, 2.24) is 4.90 Å². The lowest BCUT2D eigenvalue weighted by atomic mass is 10.2. The second-order valence-corrected chi connectivity index (χ2v) is 5.62. The van der Waals surface area contributed by atoms with Gasteiger partial charge in [0.15, 0.2) is 0 Å². The van der Waals surface area contributed by atoms with Crippen LogP contribution >= 0.6 is 11.6 Å². The average Bonchev–Trinajstić information content (AvgIpc) is 2.52. The summed E-state index contributed by atoms with van der Waals surface area (Å²) in [6, 6.07) is 8.30. The van der Waals surface area contributed by atoms with Gasteiger partial charge in [-0.1, -0.05) is 11.8 Å². The molecule has 0 amide bonds. The van der Waals surface area contributed by atoms with Gasteiger partial charge >= 0.3 is 0 Å². The normalized spacial score (nSPS) is 19.1. The minimum absolute atomic E-state index is 0.136. The second-order valence-electron chi connectivity index (χ2n) is 5.35. The molecule has 1 aliphatic rings. The molecule has 1 fully saturated rings. The molecule has 0 bridgehead atoms. The number of ether oxygens (including phenoxy) is 2. The molecule has 0 aromatic heterocycles. The molecule has 1 aromatic carbocycles. The lowest BCUT2D eigenvalue weighted by Gasteiger charge is -2.35. The summed E-state index contributed by atoms with van der Waals surface area (Å²) in [6.07, 6.45) is 0.136. The zero-order valence-corrected chi connectivity index (χ0v) is 13.4. The summed E-state index contributed by atoms with van der Waals surface area (Å²) in [5, 5.41) is 0. The van der Waals surface area contributed by atoms with Gasteiger partial charge < -0.3 is 9.47 Å². The monoisotopic (exact) mass is 307 g/mol. The molecule has 1 saturated heterocycles. The van der Waals surface area contributed by atoms with E-state index in [0.717, 1.165) is 31.0 Å². The summed E-state index contributed by atoms with van der Waals surface area (Å²) >= 11 is 5.54. The number of hydrogen-bond acceptors (Lipinski definition) is 3. The zero-order valence-electron chi connectivity index (χ0n) is 12.6. The van der Waals surface area contributed by atoms with E-state index < -0.39 is 0 Å². The first-order valence-corrected chi connectivity index (χ1v) is 7.86. The van der Waals surface area contributed by atoms with Gasteiger partial charge in [-0.15, -0.1) is 11.6 Å².